The summed E-state index contributed by atoms with van der Waals surface area (Å²) in [5.74, 6) is 0. The summed E-state index contributed by atoms with van der Waals surface area (Å²) in [6, 6.07) is 3.45. The number of rotatable bonds is 2. The Kier molecular flexibility index (Phi) is 3.48. The first kappa shape index (κ1) is 13.5. The van der Waals surface area contributed by atoms with E-state index in [1.54, 1.807) is 21.6 Å². The van der Waals surface area contributed by atoms with Crippen LogP contribution in [-0.2, 0) is 4.79 Å². The van der Waals surface area contributed by atoms with Gasteiger partial charge in [0.15, 0.2) is 0 Å². The molecule has 0 saturated carbocycles. The lowest BCUT2D eigenvalue weighted by Crippen LogP contribution is -2.36. The summed E-state index contributed by atoms with van der Waals surface area (Å²) in [4.78, 5) is 27.4. The number of carbonyl (C=O) groups is 1. The maximum absolute atomic E-state index is 12.1. The summed E-state index contributed by atoms with van der Waals surface area (Å²) < 4.78 is 1.72. The maximum Gasteiger partial charge on any atom is 0.326 e. The Balaban J connectivity index is 2.03. The average Bonchev–Trinajstić information content (AvgIpc) is 2.75. The Bertz CT molecular complexity index is 714. The number of hydrogen-bond donors (Lipinski definition) is 1. The number of amides is 1. The fraction of sp³-hybridized carbons (Fsp3) is 0.385. The number of nitrogens with one attached hydrogen (secondary N) is 1. The number of aromatic nitrogens is 2. The molecule has 1 aliphatic heterocycles. The fourth-order valence-electron chi connectivity index (χ4n) is 2.73. The lowest BCUT2D eigenvalue weighted by atomic mass is 10.1. The van der Waals surface area contributed by atoms with Gasteiger partial charge in [-0.05, 0) is 25.0 Å². The third-order valence-electron chi connectivity index (χ3n) is 3.77. The van der Waals surface area contributed by atoms with Gasteiger partial charge in [0.25, 0.3) is 0 Å². The van der Waals surface area contributed by atoms with Crippen molar-refractivity contribution in [3.8, 4) is 0 Å². The van der Waals surface area contributed by atoms with Crippen molar-refractivity contribution >= 4 is 40.6 Å². The molecule has 0 atom stereocenters. The highest BCUT2D eigenvalue weighted by atomic mass is 35.5. The molecular formula is C13H13Cl2N3O2. The third kappa shape index (κ3) is 2.21. The quantitative estimate of drug-likeness (QED) is 0.866. The van der Waals surface area contributed by atoms with Crippen LogP contribution < -0.4 is 5.69 Å². The number of halogens is 2. The van der Waals surface area contributed by atoms with E-state index in [1.165, 1.54) is 0 Å². The van der Waals surface area contributed by atoms with Crippen molar-refractivity contribution in [2.24, 2.45) is 0 Å². The molecule has 0 spiro atoms. The molecule has 106 valence electrons. The number of fused-ring (bicyclic) bond motifs is 1. The average molecular weight is 314 g/mol. The van der Waals surface area contributed by atoms with E-state index in [0.29, 0.717) is 28.7 Å². The lowest BCUT2D eigenvalue weighted by Gasteiger charge is -2.29. The van der Waals surface area contributed by atoms with Gasteiger partial charge in [0.1, 0.15) is 0 Å². The van der Waals surface area contributed by atoms with Crippen molar-refractivity contribution in [3.05, 3.63) is 32.7 Å². The van der Waals surface area contributed by atoms with Gasteiger partial charge >= 0.3 is 5.69 Å². The first-order chi connectivity index (χ1) is 9.60. The van der Waals surface area contributed by atoms with E-state index in [-0.39, 0.29) is 11.7 Å². The Labute approximate surface area is 125 Å². The summed E-state index contributed by atoms with van der Waals surface area (Å²) >= 11 is 12.0. The number of likely N-dealkylation sites (tertiary alicyclic amines) is 1. The predicted molar refractivity (Wildman–Crippen MR) is 78.5 cm³/mol. The second-order valence-electron chi connectivity index (χ2n) is 4.96. The molecule has 2 aromatic rings. The number of imidazole rings is 1. The Hall–Kier alpha value is -1.46. The SMILES string of the molecule is O=CN1CCC(n2c(=O)[nH]c3cc(Cl)c(Cl)cc32)CC1. The molecular weight excluding hydrogens is 301 g/mol. The smallest absolute Gasteiger partial charge is 0.326 e. The molecule has 1 saturated heterocycles. The molecule has 2 heterocycles. The second-order valence-corrected chi connectivity index (χ2v) is 5.77. The fourth-order valence-corrected chi connectivity index (χ4v) is 3.05. The summed E-state index contributed by atoms with van der Waals surface area (Å²) in [6.45, 7) is 1.32. The van der Waals surface area contributed by atoms with Crippen molar-refractivity contribution < 1.29 is 4.79 Å². The molecule has 3 rings (SSSR count). The molecule has 20 heavy (non-hydrogen) atoms. The minimum absolute atomic E-state index is 0.0738. The van der Waals surface area contributed by atoms with Crippen LogP contribution >= 0.6 is 23.2 Å². The lowest BCUT2D eigenvalue weighted by molar-refractivity contribution is -0.119. The van der Waals surface area contributed by atoms with E-state index in [4.69, 9.17) is 23.2 Å². The molecule has 7 heteroatoms. The van der Waals surface area contributed by atoms with Crippen molar-refractivity contribution in [1.29, 1.82) is 0 Å². The molecule has 0 aliphatic carbocycles. The zero-order valence-corrected chi connectivity index (χ0v) is 12.1. The first-order valence-electron chi connectivity index (χ1n) is 6.39. The van der Waals surface area contributed by atoms with Crippen LogP contribution in [-0.4, -0.2) is 34.0 Å². The molecule has 0 radical (unpaired) electrons. The Morgan fingerprint density at radius 3 is 2.50 bits per heavy atom. The van der Waals surface area contributed by atoms with E-state index in [2.05, 4.69) is 4.98 Å². The zero-order chi connectivity index (χ0) is 14.3. The van der Waals surface area contributed by atoms with E-state index in [0.717, 1.165) is 24.8 Å². The van der Waals surface area contributed by atoms with Crippen molar-refractivity contribution in [2.45, 2.75) is 18.9 Å². The Morgan fingerprint density at radius 2 is 1.85 bits per heavy atom. The molecule has 5 nitrogen and oxygen atoms in total. The van der Waals surface area contributed by atoms with E-state index < -0.39 is 0 Å². The normalized spacial score (nSPS) is 16.8. The summed E-state index contributed by atoms with van der Waals surface area (Å²) in [7, 11) is 0. The number of piperidine rings is 1. The summed E-state index contributed by atoms with van der Waals surface area (Å²) in [5, 5.41) is 0.848. The van der Waals surface area contributed by atoms with Gasteiger partial charge in [-0.2, -0.15) is 0 Å². The second kappa shape index (κ2) is 5.14. The van der Waals surface area contributed by atoms with Gasteiger partial charge in [-0.1, -0.05) is 23.2 Å². The first-order valence-corrected chi connectivity index (χ1v) is 7.14. The van der Waals surface area contributed by atoms with Gasteiger partial charge in [0.05, 0.1) is 21.1 Å². The van der Waals surface area contributed by atoms with Crippen molar-refractivity contribution in [1.82, 2.24) is 14.5 Å². The van der Waals surface area contributed by atoms with Crippen LogP contribution in [0, 0.1) is 0 Å². The maximum atomic E-state index is 12.1. The molecule has 1 amide bonds. The Morgan fingerprint density at radius 1 is 1.20 bits per heavy atom. The van der Waals surface area contributed by atoms with Crippen LogP contribution in [0.4, 0.5) is 0 Å². The zero-order valence-electron chi connectivity index (χ0n) is 10.6. The van der Waals surface area contributed by atoms with Gasteiger partial charge in [-0.3, -0.25) is 9.36 Å². The number of nitrogens with zero attached hydrogens (tertiary/aromatic N) is 2. The summed E-state index contributed by atoms with van der Waals surface area (Å²) in [6.07, 6.45) is 2.36. The highest BCUT2D eigenvalue weighted by Gasteiger charge is 2.23. The minimum atomic E-state index is -0.164. The molecule has 1 aromatic heterocycles. The molecule has 1 aliphatic rings. The van der Waals surface area contributed by atoms with Gasteiger partial charge in [0, 0.05) is 19.1 Å². The minimum Gasteiger partial charge on any atom is -0.345 e. The van der Waals surface area contributed by atoms with Crippen LogP contribution in [0.3, 0.4) is 0 Å². The molecule has 1 N–H and O–H groups in total. The molecule has 0 unspecified atom stereocenters. The highest BCUT2D eigenvalue weighted by molar-refractivity contribution is 6.42. The van der Waals surface area contributed by atoms with E-state index in [1.807, 2.05) is 0 Å². The van der Waals surface area contributed by atoms with Crippen molar-refractivity contribution in [2.75, 3.05) is 13.1 Å². The standard InChI is InChI=1S/C13H13Cl2N3O2/c14-9-5-11-12(6-10(9)15)18(13(20)16-11)8-1-3-17(7-19)4-2-8/h5-8H,1-4H2,(H,16,20). The topological polar surface area (TPSA) is 58.1 Å². The highest BCUT2D eigenvalue weighted by Crippen LogP contribution is 2.29. The van der Waals surface area contributed by atoms with Crippen molar-refractivity contribution in [3.63, 3.8) is 0 Å². The largest absolute Gasteiger partial charge is 0.345 e. The van der Waals surface area contributed by atoms with Crippen LogP contribution in [0.5, 0.6) is 0 Å². The van der Waals surface area contributed by atoms with Gasteiger partial charge in [0.2, 0.25) is 6.41 Å². The number of carbonyl (C=O) groups excluding carboxylic acids is 1. The predicted octanol–water partition coefficient (Wildman–Crippen LogP) is 2.43. The van der Waals surface area contributed by atoms with Crippen LogP contribution in [0.25, 0.3) is 11.0 Å². The van der Waals surface area contributed by atoms with E-state index in [9.17, 15) is 9.59 Å². The van der Waals surface area contributed by atoms with Gasteiger partial charge in [-0.15, -0.1) is 0 Å². The van der Waals surface area contributed by atoms with Gasteiger partial charge < -0.3 is 9.88 Å². The van der Waals surface area contributed by atoms with Crippen LogP contribution in [0.2, 0.25) is 10.0 Å². The number of hydrogen-bond acceptors (Lipinski definition) is 2. The third-order valence-corrected chi connectivity index (χ3v) is 4.49. The summed E-state index contributed by atoms with van der Waals surface area (Å²) in [5.41, 5.74) is 1.28. The van der Waals surface area contributed by atoms with Crippen LogP contribution in [0.1, 0.15) is 18.9 Å². The van der Waals surface area contributed by atoms with Crippen LogP contribution in [0.15, 0.2) is 16.9 Å². The number of aromatic amines is 1. The van der Waals surface area contributed by atoms with Gasteiger partial charge in [-0.25, -0.2) is 4.79 Å². The monoisotopic (exact) mass is 313 g/mol. The number of benzene rings is 1. The molecule has 1 fully saturated rings. The molecule has 0 bridgehead atoms. The molecule has 1 aromatic carbocycles. The van der Waals surface area contributed by atoms with E-state index >= 15 is 0 Å². The number of H-pyrrole nitrogens is 1.